The molecule has 0 saturated carbocycles. The summed E-state index contributed by atoms with van der Waals surface area (Å²) in [5.74, 6) is 0.209. The van der Waals surface area contributed by atoms with Crippen molar-refractivity contribution in [2.24, 2.45) is 0 Å². The summed E-state index contributed by atoms with van der Waals surface area (Å²) in [6.45, 7) is 3.91. The number of nitrogens with zero attached hydrogens (tertiary/aromatic N) is 4. The van der Waals surface area contributed by atoms with Gasteiger partial charge in [-0.25, -0.2) is 0 Å². The van der Waals surface area contributed by atoms with Gasteiger partial charge in [-0.15, -0.1) is 0 Å². The highest BCUT2D eigenvalue weighted by atomic mass is 16.1. The Hall–Kier alpha value is -4.38. The molecule has 0 spiro atoms. The van der Waals surface area contributed by atoms with Gasteiger partial charge in [-0.05, 0) is 42.5 Å². The van der Waals surface area contributed by atoms with Crippen molar-refractivity contribution in [1.82, 2.24) is 14.5 Å². The van der Waals surface area contributed by atoms with Crippen LogP contribution in [0.2, 0.25) is 0 Å². The molecule has 0 bridgehead atoms. The molecule has 0 unspecified atom stereocenters. The summed E-state index contributed by atoms with van der Waals surface area (Å²) in [6, 6.07) is 18.9. The Kier molecular flexibility index (Phi) is 5.48. The molecule has 0 aliphatic heterocycles. The van der Waals surface area contributed by atoms with Crippen LogP contribution in [0.5, 0.6) is 0 Å². The first-order valence-corrected chi connectivity index (χ1v) is 10.2. The fourth-order valence-electron chi connectivity index (χ4n) is 3.92. The fourth-order valence-corrected chi connectivity index (χ4v) is 3.92. The van der Waals surface area contributed by atoms with Gasteiger partial charge in [0.15, 0.2) is 5.82 Å². The van der Waals surface area contributed by atoms with E-state index in [2.05, 4.69) is 15.3 Å². The van der Waals surface area contributed by atoms with Crippen molar-refractivity contribution in [3.05, 3.63) is 81.8 Å². The minimum atomic E-state index is -0.353. The summed E-state index contributed by atoms with van der Waals surface area (Å²) < 4.78 is 1.70. The lowest BCUT2D eigenvalue weighted by Crippen LogP contribution is -2.27. The van der Waals surface area contributed by atoms with Crippen molar-refractivity contribution in [2.45, 2.75) is 26.3 Å². The maximum Gasteiger partial charge on any atom is 0.263 e. The molecule has 1 atom stereocenters. The highest BCUT2D eigenvalue weighted by Crippen LogP contribution is 2.29. The van der Waals surface area contributed by atoms with Gasteiger partial charge >= 0.3 is 0 Å². The molecule has 0 saturated heterocycles. The Morgan fingerprint density at radius 1 is 1.12 bits per heavy atom. The van der Waals surface area contributed by atoms with Gasteiger partial charge in [0.25, 0.3) is 5.56 Å². The molecule has 0 radical (unpaired) electrons. The van der Waals surface area contributed by atoms with Crippen molar-refractivity contribution in [3.8, 4) is 11.8 Å². The number of rotatable bonds is 5. The van der Waals surface area contributed by atoms with Gasteiger partial charge in [0.1, 0.15) is 17.5 Å². The maximum absolute atomic E-state index is 13.7. The average molecular weight is 425 g/mol. The third kappa shape index (κ3) is 3.61. The van der Waals surface area contributed by atoms with E-state index in [0.29, 0.717) is 11.8 Å². The smallest absolute Gasteiger partial charge is 0.263 e. The number of anilines is 3. The van der Waals surface area contributed by atoms with E-state index in [-0.39, 0.29) is 34.7 Å². The van der Waals surface area contributed by atoms with E-state index in [1.807, 2.05) is 74.5 Å². The lowest BCUT2D eigenvalue weighted by molar-refractivity contribution is 0.688. The Labute approximate surface area is 185 Å². The van der Waals surface area contributed by atoms with Crippen LogP contribution in [0.15, 0.2) is 59.4 Å². The Morgan fingerprint density at radius 2 is 1.88 bits per heavy atom. The summed E-state index contributed by atoms with van der Waals surface area (Å²) in [6.07, 6.45) is 0.609. The summed E-state index contributed by atoms with van der Waals surface area (Å²) in [7, 11) is 0. The number of nitriles is 1. The number of fused-ring (bicyclic) bond motifs is 1. The van der Waals surface area contributed by atoms with Gasteiger partial charge in [0.05, 0.1) is 11.4 Å². The summed E-state index contributed by atoms with van der Waals surface area (Å²) in [5, 5.41) is 14.3. The largest absolute Gasteiger partial charge is 0.382 e. The quantitative estimate of drug-likeness (QED) is 0.444. The molecule has 8 nitrogen and oxygen atoms in total. The molecule has 2 heterocycles. The molecule has 0 aliphatic carbocycles. The molecule has 2 aromatic heterocycles. The minimum Gasteiger partial charge on any atom is -0.382 e. The lowest BCUT2D eigenvalue weighted by Gasteiger charge is -2.24. The van der Waals surface area contributed by atoms with E-state index in [4.69, 9.17) is 11.5 Å². The monoisotopic (exact) mass is 425 g/mol. The molecule has 0 aliphatic rings. The summed E-state index contributed by atoms with van der Waals surface area (Å²) in [4.78, 5) is 21.7. The van der Waals surface area contributed by atoms with Crippen LogP contribution in [0, 0.1) is 18.3 Å². The third-order valence-electron chi connectivity index (χ3n) is 5.44. The van der Waals surface area contributed by atoms with Gasteiger partial charge in [0, 0.05) is 11.4 Å². The molecule has 0 fully saturated rings. The van der Waals surface area contributed by atoms with Crippen molar-refractivity contribution >= 4 is 28.4 Å². The maximum atomic E-state index is 13.7. The van der Waals surface area contributed by atoms with Crippen molar-refractivity contribution in [1.29, 1.82) is 5.26 Å². The number of hydrogen-bond acceptors (Lipinski definition) is 7. The zero-order valence-corrected chi connectivity index (χ0v) is 17.8. The van der Waals surface area contributed by atoms with Crippen molar-refractivity contribution < 1.29 is 0 Å². The van der Waals surface area contributed by atoms with Crippen LogP contribution in [-0.2, 0) is 0 Å². The van der Waals surface area contributed by atoms with Crippen molar-refractivity contribution in [2.75, 3.05) is 16.8 Å². The lowest BCUT2D eigenvalue weighted by atomic mass is 10.0. The summed E-state index contributed by atoms with van der Waals surface area (Å²) >= 11 is 0. The molecule has 0 amide bonds. The number of nitrogen functional groups attached to an aromatic ring is 2. The SMILES string of the molecule is CC[C@H](Nc1nc(N)nc(N)c1C#N)c1cc2cccc(C)c2c(=O)n1-c1ccccc1. The molecule has 4 aromatic rings. The standard InChI is InChI=1S/C24H23N7O/c1-3-18(28-22-17(13-25)21(26)29-24(27)30-22)19-12-15-9-7-8-14(2)20(15)23(32)31(19)16-10-5-4-6-11-16/h4-12,18H,3H2,1-2H3,(H5,26,27,28,29,30)/t18-/m0/s1. The third-order valence-corrected chi connectivity index (χ3v) is 5.44. The zero-order chi connectivity index (χ0) is 22.8. The van der Waals surface area contributed by atoms with Crippen LogP contribution in [0.1, 0.15) is 36.2 Å². The Balaban J connectivity index is 1.97. The number of benzene rings is 2. The molecular weight excluding hydrogens is 402 g/mol. The van der Waals surface area contributed by atoms with Crippen LogP contribution < -0.4 is 22.3 Å². The van der Waals surface area contributed by atoms with E-state index in [1.54, 1.807) is 4.57 Å². The van der Waals surface area contributed by atoms with Crippen LogP contribution in [0.3, 0.4) is 0 Å². The van der Waals surface area contributed by atoms with Gasteiger partial charge in [-0.2, -0.15) is 15.2 Å². The second kappa shape index (κ2) is 8.40. The van der Waals surface area contributed by atoms with Gasteiger partial charge in [0.2, 0.25) is 5.95 Å². The number of aromatic nitrogens is 3. The van der Waals surface area contributed by atoms with E-state index in [1.165, 1.54) is 0 Å². The van der Waals surface area contributed by atoms with Crippen molar-refractivity contribution in [3.63, 3.8) is 0 Å². The first-order valence-electron chi connectivity index (χ1n) is 10.2. The Morgan fingerprint density at radius 3 is 2.56 bits per heavy atom. The molecule has 5 N–H and O–H groups in total. The number of aryl methyl sites for hydroxylation is 1. The highest BCUT2D eigenvalue weighted by Gasteiger charge is 2.21. The van der Waals surface area contributed by atoms with Gasteiger partial charge in [-0.3, -0.25) is 9.36 Å². The highest BCUT2D eigenvalue weighted by molar-refractivity contribution is 5.85. The Bertz CT molecular complexity index is 1400. The second-order valence-electron chi connectivity index (χ2n) is 7.49. The van der Waals surface area contributed by atoms with E-state index < -0.39 is 0 Å². The normalized spacial score (nSPS) is 11.8. The fraction of sp³-hybridized carbons (Fsp3) is 0.167. The van der Waals surface area contributed by atoms with Crippen LogP contribution in [-0.4, -0.2) is 14.5 Å². The van der Waals surface area contributed by atoms with Gasteiger partial charge in [-0.1, -0.05) is 43.3 Å². The summed E-state index contributed by atoms with van der Waals surface area (Å²) in [5.41, 5.74) is 14.0. The predicted molar refractivity (Wildman–Crippen MR) is 127 cm³/mol. The van der Waals surface area contributed by atoms with Crippen LogP contribution >= 0.6 is 0 Å². The molecule has 8 heteroatoms. The molecular formula is C24H23N7O. The number of nitrogens with two attached hydrogens (primary N) is 2. The molecule has 32 heavy (non-hydrogen) atoms. The molecule has 4 rings (SSSR count). The minimum absolute atomic E-state index is 0.00643. The van der Waals surface area contributed by atoms with E-state index in [0.717, 1.165) is 22.3 Å². The topological polar surface area (TPSA) is 136 Å². The first kappa shape index (κ1) is 20.9. The van der Waals surface area contributed by atoms with Crippen LogP contribution in [0.25, 0.3) is 16.5 Å². The number of hydrogen-bond donors (Lipinski definition) is 3. The van der Waals surface area contributed by atoms with E-state index in [9.17, 15) is 10.1 Å². The molecule has 2 aromatic carbocycles. The average Bonchev–Trinajstić information content (AvgIpc) is 2.77. The van der Waals surface area contributed by atoms with Crippen LogP contribution in [0.4, 0.5) is 17.6 Å². The zero-order valence-electron chi connectivity index (χ0n) is 17.8. The number of pyridine rings is 1. The first-order chi connectivity index (χ1) is 15.4. The molecule has 160 valence electrons. The second-order valence-corrected chi connectivity index (χ2v) is 7.49. The number of nitrogens with one attached hydrogen (secondary N) is 1. The predicted octanol–water partition coefficient (Wildman–Crippen LogP) is 3.69. The van der Waals surface area contributed by atoms with Gasteiger partial charge < -0.3 is 16.8 Å². The number of para-hydroxylation sites is 1. The van der Waals surface area contributed by atoms with E-state index >= 15 is 0 Å².